The molecular weight excluding hydrogens is 162 g/mol. The Kier molecular flexibility index (Phi) is 4.87. The summed E-state index contributed by atoms with van der Waals surface area (Å²) in [5.41, 5.74) is 5.28. The summed E-state index contributed by atoms with van der Waals surface area (Å²) in [7, 11) is 0. The number of hydrogen-bond donors (Lipinski definition) is 2. The van der Waals surface area contributed by atoms with E-state index in [0.717, 1.165) is 0 Å². The number of aldehydes is 1. The second-order valence-electron chi connectivity index (χ2n) is 2.38. The van der Waals surface area contributed by atoms with Gasteiger partial charge in [-0.15, -0.1) is 0 Å². The van der Waals surface area contributed by atoms with Crippen molar-refractivity contribution < 1.29 is 19.5 Å². The molecule has 0 aromatic carbocycles. The number of carbonyl (C=O) groups is 3. The lowest BCUT2D eigenvalue weighted by molar-refractivity contribution is -0.137. The maximum Gasteiger partial charge on any atom is 0.303 e. The van der Waals surface area contributed by atoms with Crippen LogP contribution in [-0.2, 0) is 14.4 Å². The van der Waals surface area contributed by atoms with E-state index in [1.165, 1.54) is 0 Å². The number of hydrogen-bond acceptors (Lipinski definition) is 4. The van der Waals surface area contributed by atoms with Crippen LogP contribution in [0.2, 0.25) is 0 Å². The van der Waals surface area contributed by atoms with Crippen molar-refractivity contribution in [2.45, 2.75) is 25.3 Å². The maximum absolute atomic E-state index is 10.8. The van der Waals surface area contributed by atoms with E-state index in [1.54, 1.807) is 0 Å². The average Bonchev–Trinajstić information content (AvgIpc) is 2.00. The Morgan fingerprint density at radius 1 is 1.50 bits per heavy atom. The summed E-state index contributed by atoms with van der Waals surface area (Å²) < 4.78 is 0. The van der Waals surface area contributed by atoms with Gasteiger partial charge in [-0.25, -0.2) is 0 Å². The second kappa shape index (κ2) is 5.42. The van der Waals surface area contributed by atoms with Crippen LogP contribution < -0.4 is 5.73 Å². The van der Waals surface area contributed by atoms with Crippen molar-refractivity contribution in [3.63, 3.8) is 0 Å². The Morgan fingerprint density at radius 2 is 2.08 bits per heavy atom. The minimum Gasteiger partial charge on any atom is -0.481 e. The second-order valence-corrected chi connectivity index (χ2v) is 2.38. The smallest absolute Gasteiger partial charge is 0.303 e. The summed E-state index contributed by atoms with van der Waals surface area (Å²) in [6, 6.07) is -0.828. The molecule has 0 saturated heterocycles. The van der Waals surface area contributed by atoms with Gasteiger partial charge in [0.25, 0.3) is 0 Å². The van der Waals surface area contributed by atoms with Crippen LogP contribution in [-0.4, -0.2) is 29.2 Å². The quantitative estimate of drug-likeness (QED) is 0.410. The lowest BCUT2D eigenvalue weighted by Gasteiger charge is -2.05. The van der Waals surface area contributed by atoms with Crippen LogP contribution in [0.25, 0.3) is 0 Å². The summed E-state index contributed by atoms with van der Waals surface area (Å²) in [5, 5.41) is 8.24. The fraction of sp³-hybridized carbons (Fsp3) is 0.571. The van der Waals surface area contributed by atoms with E-state index in [-0.39, 0.29) is 19.3 Å². The Bertz CT molecular complexity index is 190. The van der Waals surface area contributed by atoms with Crippen LogP contribution in [0.4, 0.5) is 0 Å². The van der Waals surface area contributed by atoms with E-state index in [1.807, 2.05) is 0 Å². The Labute approximate surface area is 69.5 Å². The monoisotopic (exact) mass is 173 g/mol. The average molecular weight is 173 g/mol. The fourth-order valence-corrected chi connectivity index (χ4v) is 0.673. The summed E-state index contributed by atoms with van der Waals surface area (Å²) in [5.74, 6) is -1.41. The van der Waals surface area contributed by atoms with Crippen molar-refractivity contribution >= 4 is 18.0 Å². The summed E-state index contributed by atoms with van der Waals surface area (Å²) in [6.07, 6.45) is 0.164. The molecule has 0 saturated carbocycles. The molecule has 0 bridgehead atoms. The van der Waals surface area contributed by atoms with E-state index in [0.29, 0.717) is 6.29 Å². The molecule has 1 atom stereocenters. The van der Waals surface area contributed by atoms with Crippen molar-refractivity contribution in [3.05, 3.63) is 0 Å². The molecule has 0 aromatic heterocycles. The topological polar surface area (TPSA) is 97.5 Å². The fourth-order valence-electron chi connectivity index (χ4n) is 0.673. The molecule has 12 heavy (non-hydrogen) atoms. The number of nitrogens with two attached hydrogens (primary N) is 1. The van der Waals surface area contributed by atoms with Gasteiger partial charge in [0.1, 0.15) is 6.29 Å². The molecule has 0 radical (unpaired) electrons. The first-order valence-electron chi connectivity index (χ1n) is 3.51. The van der Waals surface area contributed by atoms with Crippen molar-refractivity contribution in [2.24, 2.45) is 5.73 Å². The van der Waals surface area contributed by atoms with Gasteiger partial charge in [-0.3, -0.25) is 9.59 Å². The molecule has 0 aliphatic rings. The Morgan fingerprint density at radius 3 is 2.50 bits per heavy atom. The maximum atomic E-state index is 10.8. The summed E-state index contributed by atoms with van der Waals surface area (Å²) >= 11 is 0. The highest BCUT2D eigenvalue weighted by Crippen LogP contribution is 1.97. The molecule has 0 aliphatic heterocycles. The van der Waals surface area contributed by atoms with Crippen molar-refractivity contribution in [3.8, 4) is 0 Å². The zero-order valence-corrected chi connectivity index (χ0v) is 6.53. The van der Waals surface area contributed by atoms with Gasteiger partial charge in [0.05, 0.1) is 12.5 Å². The van der Waals surface area contributed by atoms with E-state index in [2.05, 4.69) is 0 Å². The number of carboxylic acids is 1. The minimum absolute atomic E-state index is 0.0853. The molecule has 0 unspecified atom stereocenters. The Hall–Kier alpha value is -1.23. The molecule has 0 spiro atoms. The molecular formula is C7H11NO4. The number of Topliss-reactive ketones (excluding diaryl/α,β-unsaturated/α-hetero) is 1. The van der Waals surface area contributed by atoms with Gasteiger partial charge in [0, 0.05) is 6.42 Å². The van der Waals surface area contributed by atoms with Crippen LogP contribution in [0, 0.1) is 0 Å². The molecule has 0 rings (SSSR count). The van der Waals surface area contributed by atoms with E-state index in [4.69, 9.17) is 10.8 Å². The summed E-state index contributed by atoms with van der Waals surface area (Å²) in [6.45, 7) is 0. The van der Waals surface area contributed by atoms with Gasteiger partial charge in [0.2, 0.25) is 0 Å². The highest BCUT2D eigenvalue weighted by molar-refractivity contribution is 5.93. The molecule has 5 heteroatoms. The van der Waals surface area contributed by atoms with Gasteiger partial charge >= 0.3 is 5.97 Å². The lowest BCUT2D eigenvalue weighted by Crippen LogP contribution is -2.31. The zero-order valence-electron chi connectivity index (χ0n) is 6.53. The van der Waals surface area contributed by atoms with Crippen molar-refractivity contribution in [2.75, 3.05) is 0 Å². The van der Waals surface area contributed by atoms with E-state index >= 15 is 0 Å². The molecule has 0 amide bonds. The third-order valence-corrected chi connectivity index (χ3v) is 1.37. The third-order valence-electron chi connectivity index (χ3n) is 1.37. The number of aliphatic carboxylic acids is 1. The molecule has 0 fully saturated rings. The lowest BCUT2D eigenvalue weighted by atomic mass is 10.1. The highest BCUT2D eigenvalue weighted by Gasteiger charge is 2.13. The number of carboxylic acid groups (broad SMARTS) is 1. The van der Waals surface area contributed by atoms with E-state index < -0.39 is 17.8 Å². The highest BCUT2D eigenvalue weighted by atomic mass is 16.4. The van der Waals surface area contributed by atoms with Crippen molar-refractivity contribution in [1.29, 1.82) is 0 Å². The molecule has 0 heterocycles. The van der Waals surface area contributed by atoms with E-state index in [9.17, 15) is 14.4 Å². The molecule has 0 aliphatic carbocycles. The third kappa shape index (κ3) is 4.56. The molecule has 0 aromatic rings. The SMILES string of the molecule is N[C@@H](CCC(=O)O)C(=O)CC=O. The van der Waals surface area contributed by atoms with Crippen LogP contribution in [0.1, 0.15) is 19.3 Å². The van der Waals surface area contributed by atoms with Gasteiger partial charge < -0.3 is 15.6 Å². The Balaban J connectivity index is 3.70. The van der Waals surface area contributed by atoms with Gasteiger partial charge in [-0.05, 0) is 6.42 Å². The standard InChI is InChI=1S/C7H11NO4/c8-5(1-2-7(11)12)6(10)3-4-9/h4-5H,1-3,8H2,(H,11,12)/t5-/m0/s1. The summed E-state index contributed by atoms with van der Waals surface area (Å²) in [4.78, 5) is 30.7. The van der Waals surface area contributed by atoms with Crippen molar-refractivity contribution in [1.82, 2.24) is 0 Å². The normalized spacial score (nSPS) is 12.1. The molecule has 68 valence electrons. The zero-order chi connectivity index (χ0) is 9.56. The van der Waals surface area contributed by atoms with Crippen LogP contribution in [0.5, 0.6) is 0 Å². The predicted octanol–water partition coefficient (Wildman–Crippen LogP) is -0.663. The van der Waals surface area contributed by atoms with Crippen LogP contribution in [0.3, 0.4) is 0 Å². The first kappa shape index (κ1) is 10.8. The largest absolute Gasteiger partial charge is 0.481 e. The first-order chi connectivity index (χ1) is 5.57. The van der Waals surface area contributed by atoms with Gasteiger partial charge in [0.15, 0.2) is 5.78 Å². The molecule has 3 N–H and O–H groups in total. The van der Waals surface area contributed by atoms with Gasteiger partial charge in [-0.1, -0.05) is 0 Å². The number of rotatable bonds is 6. The number of ketones is 1. The van der Waals surface area contributed by atoms with Crippen LogP contribution >= 0.6 is 0 Å². The van der Waals surface area contributed by atoms with Crippen LogP contribution in [0.15, 0.2) is 0 Å². The molecule has 5 nitrogen and oxygen atoms in total. The minimum atomic E-state index is -0.996. The van der Waals surface area contributed by atoms with Gasteiger partial charge in [-0.2, -0.15) is 0 Å². The predicted molar refractivity (Wildman–Crippen MR) is 40.5 cm³/mol. The first-order valence-corrected chi connectivity index (χ1v) is 3.51. The number of carbonyl (C=O) groups excluding carboxylic acids is 2.